The summed E-state index contributed by atoms with van der Waals surface area (Å²) in [5.41, 5.74) is 2.54. The van der Waals surface area contributed by atoms with Crippen LogP contribution >= 0.6 is 11.3 Å². The van der Waals surface area contributed by atoms with Crippen LogP contribution in [0, 0.1) is 6.92 Å². The molecule has 7 nitrogen and oxygen atoms in total. The van der Waals surface area contributed by atoms with Crippen LogP contribution in [0.5, 0.6) is 0 Å². The fraction of sp³-hybridized carbons (Fsp3) is 0.238. The molecule has 0 aliphatic rings. The molecule has 2 aromatic heterocycles. The van der Waals surface area contributed by atoms with Gasteiger partial charge in [-0.15, -0.1) is 0 Å². The summed E-state index contributed by atoms with van der Waals surface area (Å²) in [6.45, 7) is 1.92. The van der Waals surface area contributed by atoms with Gasteiger partial charge in [-0.3, -0.25) is 9.78 Å². The highest BCUT2D eigenvalue weighted by atomic mass is 32.1. The first-order valence-corrected chi connectivity index (χ1v) is 9.83. The third-order valence-electron chi connectivity index (χ3n) is 4.25. The number of amides is 2. The molecule has 0 saturated carbocycles. The van der Waals surface area contributed by atoms with Gasteiger partial charge in [0.05, 0.1) is 5.69 Å². The molecule has 0 aliphatic carbocycles. The normalized spacial score (nSPS) is 10.4. The van der Waals surface area contributed by atoms with Gasteiger partial charge in [0.2, 0.25) is 5.91 Å². The van der Waals surface area contributed by atoms with Crippen molar-refractivity contribution in [2.45, 2.75) is 13.5 Å². The molecule has 0 saturated heterocycles. The van der Waals surface area contributed by atoms with Crippen LogP contribution in [0.2, 0.25) is 0 Å². The number of benzene rings is 1. The first-order chi connectivity index (χ1) is 14.0. The molecule has 0 N–H and O–H groups in total. The Labute approximate surface area is 173 Å². The molecule has 1 aromatic carbocycles. The molecule has 0 fully saturated rings. The Morgan fingerprint density at radius 3 is 2.55 bits per heavy atom. The second-order valence-corrected chi connectivity index (χ2v) is 7.48. The molecule has 8 heteroatoms. The van der Waals surface area contributed by atoms with Crippen molar-refractivity contribution in [1.29, 1.82) is 0 Å². The highest BCUT2D eigenvalue weighted by Crippen LogP contribution is 2.33. The molecular weight excluding hydrogens is 388 g/mol. The summed E-state index contributed by atoms with van der Waals surface area (Å²) in [6, 6.07) is 13.2. The Bertz CT molecular complexity index is 976. The van der Waals surface area contributed by atoms with Gasteiger partial charge < -0.3 is 14.5 Å². The number of hydrogen-bond donors (Lipinski definition) is 0. The summed E-state index contributed by atoms with van der Waals surface area (Å²) < 4.78 is 5.26. The maximum absolute atomic E-state index is 12.7. The fourth-order valence-corrected chi connectivity index (χ4v) is 3.66. The number of aromatic nitrogens is 2. The van der Waals surface area contributed by atoms with E-state index in [1.54, 1.807) is 26.5 Å². The van der Waals surface area contributed by atoms with E-state index in [1.165, 1.54) is 21.1 Å². The van der Waals surface area contributed by atoms with Crippen LogP contribution < -0.4 is 4.90 Å². The summed E-state index contributed by atoms with van der Waals surface area (Å²) in [5.74, 6) is -0.228. The average Bonchev–Trinajstić information content (AvgIpc) is 3.14. The number of carbonyl (C=O) groups is 2. The molecule has 0 radical (unpaired) electrons. The van der Waals surface area contributed by atoms with Gasteiger partial charge in [-0.05, 0) is 24.6 Å². The van der Waals surface area contributed by atoms with E-state index in [1.807, 2.05) is 49.4 Å². The number of pyridine rings is 1. The molecule has 2 heterocycles. The molecule has 0 unspecified atom stereocenters. The van der Waals surface area contributed by atoms with Crippen molar-refractivity contribution in [2.24, 2.45) is 0 Å². The topological polar surface area (TPSA) is 75.6 Å². The summed E-state index contributed by atoms with van der Waals surface area (Å²) in [7, 11) is 3.22. The number of ether oxygens (including phenoxy) is 1. The highest BCUT2D eigenvalue weighted by Gasteiger charge is 2.21. The zero-order chi connectivity index (χ0) is 20.8. The zero-order valence-electron chi connectivity index (χ0n) is 16.5. The van der Waals surface area contributed by atoms with Gasteiger partial charge in [0, 0.05) is 32.1 Å². The van der Waals surface area contributed by atoms with Crippen molar-refractivity contribution >= 4 is 28.3 Å². The van der Waals surface area contributed by atoms with E-state index >= 15 is 0 Å². The molecular formula is C21H22N4O3S. The number of likely N-dealkylation sites (N-methyl/N-ethyl adjacent to an activating group) is 2. The lowest BCUT2D eigenvalue weighted by molar-refractivity contribution is -0.119. The molecule has 29 heavy (non-hydrogen) atoms. The predicted molar refractivity (Wildman–Crippen MR) is 113 cm³/mol. The minimum atomic E-state index is -0.548. The third-order valence-corrected chi connectivity index (χ3v) is 5.53. The predicted octanol–water partition coefficient (Wildman–Crippen LogP) is 3.74. The lowest BCUT2D eigenvalue weighted by Crippen LogP contribution is -2.39. The van der Waals surface area contributed by atoms with Crippen molar-refractivity contribution in [3.05, 3.63) is 66.1 Å². The Morgan fingerprint density at radius 2 is 1.86 bits per heavy atom. The second kappa shape index (κ2) is 9.29. The van der Waals surface area contributed by atoms with E-state index in [2.05, 4.69) is 9.97 Å². The smallest absolute Gasteiger partial charge is 0.410 e. The number of anilines is 1. The molecule has 0 spiro atoms. The van der Waals surface area contributed by atoms with Crippen molar-refractivity contribution in [1.82, 2.24) is 14.9 Å². The average molecular weight is 410 g/mol. The summed E-state index contributed by atoms with van der Waals surface area (Å²) >= 11 is 1.41. The van der Waals surface area contributed by atoms with E-state index in [0.717, 1.165) is 26.8 Å². The Kier molecular flexibility index (Phi) is 6.56. The molecule has 0 bridgehead atoms. The minimum Gasteiger partial charge on any atom is -0.445 e. The van der Waals surface area contributed by atoms with E-state index in [-0.39, 0.29) is 19.1 Å². The molecule has 0 aliphatic heterocycles. The number of hydrogen-bond acceptors (Lipinski definition) is 6. The number of aryl methyl sites for hydroxylation is 1. The van der Waals surface area contributed by atoms with Gasteiger partial charge in [0.25, 0.3) is 0 Å². The number of carbonyl (C=O) groups excluding carboxylic acids is 2. The third kappa shape index (κ3) is 5.17. The van der Waals surface area contributed by atoms with Gasteiger partial charge in [-0.25, -0.2) is 9.78 Å². The van der Waals surface area contributed by atoms with Gasteiger partial charge >= 0.3 is 6.09 Å². The van der Waals surface area contributed by atoms with E-state index < -0.39 is 6.09 Å². The van der Waals surface area contributed by atoms with E-state index in [0.29, 0.717) is 0 Å². The van der Waals surface area contributed by atoms with Gasteiger partial charge in [0.15, 0.2) is 0 Å². The standard InChI is InChI=1S/C21H22N4O3S/c1-15-20(29-19(23-15)17-10-7-11-22-12-17)25(3)18(26)13-24(2)21(27)28-14-16-8-5-4-6-9-16/h4-12H,13-14H2,1-3H3. The van der Waals surface area contributed by atoms with Gasteiger partial charge in [-0.2, -0.15) is 0 Å². The SMILES string of the molecule is Cc1nc(-c2cccnc2)sc1N(C)C(=O)CN(C)C(=O)OCc1ccccc1. The molecule has 3 rings (SSSR count). The lowest BCUT2D eigenvalue weighted by Gasteiger charge is -2.21. The Balaban J connectivity index is 1.60. The minimum absolute atomic E-state index is 0.0936. The summed E-state index contributed by atoms with van der Waals surface area (Å²) in [5, 5.41) is 1.53. The summed E-state index contributed by atoms with van der Waals surface area (Å²) in [6.07, 6.45) is 2.89. The molecule has 150 valence electrons. The Morgan fingerprint density at radius 1 is 1.10 bits per heavy atom. The van der Waals surface area contributed by atoms with Crippen molar-refractivity contribution < 1.29 is 14.3 Å². The molecule has 0 atom stereocenters. The maximum Gasteiger partial charge on any atom is 0.410 e. The van der Waals surface area contributed by atoms with Crippen LogP contribution in [0.1, 0.15) is 11.3 Å². The monoisotopic (exact) mass is 410 g/mol. The van der Waals surface area contributed by atoms with Gasteiger partial charge in [-0.1, -0.05) is 41.7 Å². The first kappa shape index (κ1) is 20.5. The number of nitrogens with zero attached hydrogens (tertiary/aromatic N) is 4. The first-order valence-electron chi connectivity index (χ1n) is 9.02. The number of rotatable bonds is 6. The fourth-order valence-electron chi connectivity index (χ4n) is 2.63. The van der Waals surface area contributed by atoms with Crippen LogP contribution in [0.3, 0.4) is 0 Å². The van der Waals surface area contributed by atoms with Crippen LogP contribution in [-0.4, -0.2) is 47.5 Å². The van der Waals surface area contributed by atoms with Crippen LogP contribution in [0.4, 0.5) is 9.80 Å². The largest absolute Gasteiger partial charge is 0.445 e. The van der Waals surface area contributed by atoms with E-state index in [4.69, 9.17) is 4.74 Å². The van der Waals surface area contributed by atoms with Crippen LogP contribution in [0.15, 0.2) is 54.9 Å². The molecule has 2 amide bonds. The van der Waals surface area contributed by atoms with Crippen molar-refractivity contribution in [3.8, 4) is 10.6 Å². The van der Waals surface area contributed by atoms with E-state index in [9.17, 15) is 9.59 Å². The van der Waals surface area contributed by atoms with Gasteiger partial charge in [0.1, 0.15) is 23.2 Å². The van der Waals surface area contributed by atoms with Crippen molar-refractivity contribution in [3.63, 3.8) is 0 Å². The second-order valence-electron chi connectivity index (χ2n) is 6.50. The molecule has 3 aromatic rings. The van der Waals surface area contributed by atoms with Crippen molar-refractivity contribution in [2.75, 3.05) is 25.5 Å². The maximum atomic E-state index is 12.7. The number of thiazole rings is 1. The summed E-state index contributed by atoms with van der Waals surface area (Å²) in [4.78, 5) is 36.3. The van der Waals surface area contributed by atoms with Crippen LogP contribution in [-0.2, 0) is 16.1 Å². The Hall–Kier alpha value is -3.26. The lowest BCUT2D eigenvalue weighted by atomic mass is 10.2. The van der Waals surface area contributed by atoms with Crippen LogP contribution in [0.25, 0.3) is 10.6 Å². The zero-order valence-corrected chi connectivity index (χ0v) is 17.3. The highest BCUT2D eigenvalue weighted by molar-refractivity contribution is 7.19. The quantitative estimate of drug-likeness (QED) is 0.619.